The standard InChI is InChI=1S/C14H21NO3/c1-10(13(16)18-14(2,3)4)15-11-7-6-8-12(9-11)17-5/h6-10,15H,1-5H3. The Morgan fingerprint density at radius 1 is 1.33 bits per heavy atom. The third-order valence-corrected chi connectivity index (χ3v) is 2.21. The van der Waals surface area contributed by atoms with Gasteiger partial charge in [0.2, 0.25) is 0 Å². The normalized spacial score (nSPS) is 12.7. The smallest absolute Gasteiger partial charge is 0.328 e. The Labute approximate surface area is 108 Å². The molecule has 0 aliphatic heterocycles. The van der Waals surface area contributed by atoms with Crippen LogP contribution in [0.3, 0.4) is 0 Å². The first-order chi connectivity index (χ1) is 8.31. The molecule has 4 nitrogen and oxygen atoms in total. The second kappa shape index (κ2) is 5.76. The lowest BCUT2D eigenvalue weighted by molar-refractivity contribution is -0.155. The maximum absolute atomic E-state index is 11.8. The van der Waals surface area contributed by atoms with Gasteiger partial charge in [0.1, 0.15) is 17.4 Å². The molecule has 0 amide bonds. The number of benzene rings is 1. The monoisotopic (exact) mass is 251 g/mol. The van der Waals surface area contributed by atoms with Gasteiger partial charge >= 0.3 is 5.97 Å². The maximum Gasteiger partial charge on any atom is 0.328 e. The van der Waals surface area contributed by atoms with Crippen LogP contribution in [0.1, 0.15) is 27.7 Å². The van der Waals surface area contributed by atoms with Gasteiger partial charge < -0.3 is 14.8 Å². The Kier molecular flexibility index (Phi) is 4.59. The van der Waals surface area contributed by atoms with Crippen LogP contribution in [0.5, 0.6) is 5.75 Å². The fourth-order valence-corrected chi connectivity index (χ4v) is 1.41. The van der Waals surface area contributed by atoms with Crippen LogP contribution in [0.25, 0.3) is 0 Å². The zero-order chi connectivity index (χ0) is 13.8. The molecule has 1 unspecified atom stereocenters. The Morgan fingerprint density at radius 3 is 2.56 bits per heavy atom. The molecular weight excluding hydrogens is 230 g/mol. The summed E-state index contributed by atoms with van der Waals surface area (Å²) < 4.78 is 10.4. The van der Waals surface area contributed by atoms with Crippen molar-refractivity contribution in [3.63, 3.8) is 0 Å². The highest BCUT2D eigenvalue weighted by Gasteiger charge is 2.21. The Balaban J connectivity index is 2.63. The zero-order valence-corrected chi connectivity index (χ0v) is 11.6. The SMILES string of the molecule is COc1cccc(NC(C)C(=O)OC(C)(C)C)c1. The summed E-state index contributed by atoms with van der Waals surface area (Å²) >= 11 is 0. The molecule has 0 spiro atoms. The molecule has 1 rings (SSSR count). The average Bonchev–Trinajstić information content (AvgIpc) is 2.27. The van der Waals surface area contributed by atoms with Crippen LogP contribution in [0.15, 0.2) is 24.3 Å². The van der Waals surface area contributed by atoms with E-state index in [4.69, 9.17) is 9.47 Å². The predicted molar refractivity (Wildman–Crippen MR) is 71.9 cm³/mol. The van der Waals surface area contributed by atoms with Crippen molar-refractivity contribution in [3.8, 4) is 5.75 Å². The van der Waals surface area contributed by atoms with Crippen LogP contribution < -0.4 is 10.1 Å². The highest BCUT2D eigenvalue weighted by molar-refractivity contribution is 5.79. The van der Waals surface area contributed by atoms with Crippen LogP contribution in [0.2, 0.25) is 0 Å². The van der Waals surface area contributed by atoms with Gasteiger partial charge in [0.25, 0.3) is 0 Å². The molecule has 1 aromatic rings. The highest BCUT2D eigenvalue weighted by atomic mass is 16.6. The number of rotatable bonds is 4. The van der Waals surface area contributed by atoms with Gasteiger partial charge in [0.05, 0.1) is 7.11 Å². The summed E-state index contributed by atoms with van der Waals surface area (Å²) in [5, 5.41) is 3.08. The average molecular weight is 251 g/mol. The van der Waals surface area contributed by atoms with Crippen molar-refractivity contribution in [2.45, 2.75) is 39.3 Å². The van der Waals surface area contributed by atoms with Gasteiger partial charge in [-0.2, -0.15) is 0 Å². The van der Waals surface area contributed by atoms with E-state index in [0.717, 1.165) is 11.4 Å². The van der Waals surface area contributed by atoms with E-state index >= 15 is 0 Å². The summed E-state index contributed by atoms with van der Waals surface area (Å²) in [6, 6.07) is 7.02. The van der Waals surface area contributed by atoms with Crippen LogP contribution in [0, 0.1) is 0 Å². The summed E-state index contributed by atoms with van der Waals surface area (Å²) in [6.45, 7) is 7.32. The van der Waals surface area contributed by atoms with Gasteiger partial charge in [-0.3, -0.25) is 0 Å². The van der Waals surface area contributed by atoms with E-state index in [1.54, 1.807) is 14.0 Å². The molecule has 1 aromatic carbocycles. The van der Waals surface area contributed by atoms with Crippen LogP contribution >= 0.6 is 0 Å². The molecular formula is C14H21NO3. The first-order valence-corrected chi connectivity index (χ1v) is 5.95. The fraction of sp³-hybridized carbons (Fsp3) is 0.500. The van der Waals surface area contributed by atoms with Crippen molar-refractivity contribution in [3.05, 3.63) is 24.3 Å². The van der Waals surface area contributed by atoms with Crippen LogP contribution in [-0.2, 0) is 9.53 Å². The van der Waals surface area contributed by atoms with Gasteiger partial charge in [-0.1, -0.05) is 6.07 Å². The summed E-state index contributed by atoms with van der Waals surface area (Å²) in [5.74, 6) is 0.474. The highest BCUT2D eigenvalue weighted by Crippen LogP contribution is 2.18. The van der Waals surface area contributed by atoms with E-state index in [9.17, 15) is 4.79 Å². The van der Waals surface area contributed by atoms with Crippen molar-refractivity contribution in [1.29, 1.82) is 0 Å². The van der Waals surface area contributed by atoms with Crippen LogP contribution in [0.4, 0.5) is 5.69 Å². The molecule has 0 radical (unpaired) electrons. The number of nitrogens with one attached hydrogen (secondary N) is 1. The van der Waals surface area contributed by atoms with Crippen molar-refractivity contribution >= 4 is 11.7 Å². The minimum absolute atomic E-state index is 0.273. The first-order valence-electron chi connectivity index (χ1n) is 5.95. The molecule has 1 atom stereocenters. The number of anilines is 1. The molecule has 0 aliphatic rings. The molecule has 4 heteroatoms. The molecule has 0 saturated carbocycles. The zero-order valence-electron chi connectivity index (χ0n) is 11.6. The molecule has 1 N–H and O–H groups in total. The number of esters is 1. The summed E-state index contributed by atoms with van der Waals surface area (Å²) in [7, 11) is 1.61. The van der Waals surface area contributed by atoms with E-state index < -0.39 is 11.6 Å². The predicted octanol–water partition coefficient (Wildman–Crippen LogP) is 2.84. The minimum Gasteiger partial charge on any atom is -0.497 e. The van der Waals surface area contributed by atoms with Crippen LogP contribution in [-0.4, -0.2) is 24.7 Å². The lowest BCUT2D eigenvalue weighted by Crippen LogP contribution is -2.34. The molecule has 0 aromatic heterocycles. The lowest BCUT2D eigenvalue weighted by Gasteiger charge is -2.23. The summed E-state index contributed by atoms with van der Waals surface area (Å²) in [6.07, 6.45) is 0. The van der Waals surface area contributed by atoms with Gasteiger partial charge in [-0.05, 0) is 39.8 Å². The second-order valence-corrected chi connectivity index (χ2v) is 5.13. The molecule has 0 bridgehead atoms. The number of hydrogen-bond donors (Lipinski definition) is 1. The number of carbonyl (C=O) groups is 1. The molecule has 0 fully saturated rings. The maximum atomic E-state index is 11.8. The number of methoxy groups -OCH3 is 1. The first kappa shape index (κ1) is 14.4. The van der Waals surface area contributed by atoms with Crippen molar-refractivity contribution in [1.82, 2.24) is 0 Å². The Morgan fingerprint density at radius 2 is 2.00 bits per heavy atom. The molecule has 18 heavy (non-hydrogen) atoms. The van der Waals surface area contributed by atoms with Crippen molar-refractivity contribution in [2.75, 3.05) is 12.4 Å². The number of hydrogen-bond acceptors (Lipinski definition) is 4. The largest absolute Gasteiger partial charge is 0.497 e. The lowest BCUT2D eigenvalue weighted by atomic mass is 10.2. The van der Waals surface area contributed by atoms with E-state index in [0.29, 0.717) is 0 Å². The Bertz CT molecular complexity index is 410. The summed E-state index contributed by atoms with van der Waals surface area (Å²) in [4.78, 5) is 11.8. The van der Waals surface area contributed by atoms with E-state index in [1.807, 2.05) is 45.0 Å². The molecule has 100 valence electrons. The third-order valence-electron chi connectivity index (χ3n) is 2.21. The second-order valence-electron chi connectivity index (χ2n) is 5.13. The quantitative estimate of drug-likeness (QED) is 0.836. The van der Waals surface area contributed by atoms with Gasteiger partial charge in [0, 0.05) is 11.8 Å². The molecule has 0 aliphatic carbocycles. The van der Waals surface area contributed by atoms with Crippen molar-refractivity contribution in [2.24, 2.45) is 0 Å². The van der Waals surface area contributed by atoms with Gasteiger partial charge in [-0.25, -0.2) is 4.79 Å². The van der Waals surface area contributed by atoms with Crippen molar-refractivity contribution < 1.29 is 14.3 Å². The minimum atomic E-state index is -0.471. The van der Waals surface area contributed by atoms with E-state index in [-0.39, 0.29) is 5.97 Å². The van der Waals surface area contributed by atoms with E-state index in [2.05, 4.69) is 5.32 Å². The Hall–Kier alpha value is -1.71. The summed E-state index contributed by atoms with van der Waals surface area (Å²) in [5.41, 5.74) is 0.356. The number of carbonyl (C=O) groups excluding carboxylic acids is 1. The van der Waals surface area contributed by atoms with Gasteiger partial charge in [-0.15, -0.1) is 0 Å². The van der Waals surface area contributed by atoms with Gasteiger partial charge in [0.15, 0.2) is 0 Å². The number of ether oxygens (including phenoxy) is 2. The fourth-order valence-electron chi connectivity index (χ4n) is 1.41. The molecule has 0 heterocycles. The third kappa shape index (κ3) is 4.65. The molecule has 0 saturated heterocycles. The topological polar surface area (TPSA) is 47.6 Å². The van der Waals surface area contributed by atoms with E-state index in [1.165, 1.54) is 0 Å².